The summed E-state index contributed by atoms with van der Waals surface area (Å²) in [5.74, 6) is 0.359. The fourth-order valence-electron chi connectivity index (χ4n) is 1.36. The maximum atomic E-state index is 11.0. The molecule has 1 aromatic heterocycles. The molecule has 0 fully saturated rings. The highest BCUT2D eigenvalue weighted by atomic mass is 35.5. The van der Waals surface area contributed by atoms with Crippen molar-refractivity contribution < 1.29 is 4.79 Å². The van der Waals surface area contributed by atoms with E-state index in [4.69, 9.17) is 23.2 Å². The van der Waals surface area contributed by atoms with E-state index in [2.05, 4.69) is 9.97 Å². The number of H-pyrrole nitrogens is 1. The number of hydrogen-bond donors (Lipinski definition) is 1. The van der Waals surface area contributed by atoms with E-state index >= 15 is 0 Å². The number of imidazole rings is 1. The Morgan fingerprint density at radius 2 is 2.29 bits per heavy atom. The van der Waals surface area contributed by atoms with E-state index in [1.54, 1.807) is 12.1 Å². The Bertz CT molecular complexity index is 493. The summed E-state index contributed by atoms with van der Waals surface area (Å²) in [7, 11) is 0. The van der Waals surface area contributed by atoms with E-state index < -0.39 is 5.24 Å². The highest BCUT2D eigenvalue weighted by Crippen LogP contribution is 2.21. The molecule has 0 bridgehead atoms. The number of hydrogen-bond acceptors (Lipinski definition) is 2. The van der Waals surface area contributed by atoms with Gasteiger partial charge in [-0.3, -0.25) is 4.79 Å². The van der Waals surface area contributed by atoms with Gasteiger partial charge in [-0.2, -0.15) is 0 Å². The van der Waals surface area contributed by atoms with Crippen LogP contribution < -0.4 is 0 Å². The Morgan fingerprint density at radius 1 is 1.50 bits per heavy atom. The Morgan fingerprint density at radius 3 is 2.93 bits per heavy atom. The first-order chi connectivity index (χ1) is 6.74. The summed E-state index contributed by atoms with van der Waals surface area (Å²) in [6, 6.07) is 3.40. The molecule has 3 nitrogen and oxygen atoms in total. The number of fused-ring (bicyclic) bond motifs is 1. The van der Waals surface area contributed by atoms with Gasteiger partial charge in [0.05, 0.1) is 22.9 Å². The molecule has 0 saturated heterocycles. The largest absolute Gasteiger partial charge is 0.344 e. The van der Waals surface area contributed by atoms with Gasteiger partial charge in [0.15, 0.2) is 0 Å². The zero-order chi connectivity index (χ0) is 10.1. The van der Waals surface area contributed by atoms with Gasteiger partial charge in [-0.05, 0) is 23.2 Å². The number of nitrogens with one attached hydrogen (secondary N) is 1. The van der Waals surface area contributed by atoms with Crippen molar-refractivity contribution in [2.45, 2.75) is 5.88 Å². The first-order valence-electron chi connectivity index (χ1n) is 3.95. The zero-order valence-corrected chi connectivity index (χ0v) is 8.56. The minimum atomic E-state index is -0.500. The lowest BCUT2D eigenvalue weighted by molar-refractivity contribution is 0.108. The number of aromatic amines is 1. The minimum absolute atomic E-state index is 0.359. The van der Waals surface area contributed by atoms with Crippen molar-refractivity contribution in [1.82, 2.24) is 9.97 Å². The van der Waals surface area contributed by atoms with Crippen LogP contribution in [0.3, 0.4) is 0 Å². The molecule has 0 radical (unpaired) electrons. The molecular weight excluding hydrogens is 223 g/mol. The molecule has 1 heterocycles. The lowest BCUT2D eigenvalue weighted by Gasteiger charge is -2.00. The summed E-state index contributed by atoms with van der Waals surface area (Å²) in [4.78, 5) is 18.0. The first-order valence-corrected chi connectivity index (χ1v) is 4.86. The number of rotatable bonds is 2. The normalized spacial score (nSPS) is 10.7. The maximum Gasteiger partial charge on any atom is 0.254 e. The molecule has 0 unspecified atom stereocenters. The zero-order valence-electron chi connectivity index (χ0n) is 7.05. The molecule has 2 rings (SSSR count). The minimum Gasteiger partial charge on any atom is -0.344 e. The molecule has 1 aromatic carbocycles. The van der Waals surface area contributed by atoms with Crippen molar-refractivity contribution in [3.05, 3.63) is 29.6 Å². The van der Waals surface area contributed by atoms with Crippen LogP contribution >= 0.6 is 23.2 Å². The van der Waals surface area contributed by atoms with Gasteiger partial charge < -0.3 is 4.98 Å². The van der Waals surface area contributed by atoms with Gasteiger partial charge in [-0.25, -0.2) is 4.98 Å². The molecule has 0 aliphatic rings. The highest BCUT2D eigenvalue weighted by molar-refractivity contribution is 6.68. The maximum absolute atomic E-state index is 11.0. The second-order valence-electron chi connectivity index (χ2n) is 2.81. The third kappa shape index (κ3) is 1.38. The van der Waals surface area contributed by atoms with E-state index in [9.17, 15) is 4.79 Å². The second-order valence-corrected chi connectivity index (χ2v) is 3.42. The van der Waals surface area contributed by atoms with E-state index in [1.807, 2.05) is 0 Å². The van der Waals surface area contributed by atoms with Gasteiger partial charge in [0.2, 0.25) is 0 Å². The van der Waals surface area contributed by atoms with Crippen molar-refractivity contribution in [1.29, 1.82) is 0 Å². The summed E-state index contributed by atoms with van der Waals surface area (Å²) in [6.45, 7) is 0. The molecule has 2 aromatic rings. The van der Waals surface area contributed by atoms with E-state index in [0.29, 0.717) is 22.5 Å². The van der Waals surface area contributed by atoms with Gasteiger partial charge in [0, 0.05) is 5.88 Å². The molecule has 0 aliphatic heterocycles. The van der Waals surface area contributed by atoms with Crippen molar-refractivity contribution in [2.24, 2.45) is 0 Å². The summed E-state index contributed by atoms with van der Waals surface area (Å²) in [5, 5.41) is -0.500. The third-order valence-corrected chi connectivity index (χ3v) is 2.51. The summed E-state index contributed by atoms with van der Waals surface area (Å²) < 4.78 is 0. The molecule has 14 heavy (non-hydrogen) atoms. The molecule has 0 saturated carbocycles. The van der Waals surface area contributed by atoms with Crippen LogP contribution in [0.5, 0.6) is 0 Å². The lowest BCUT2D eigenvalue weighted by atomic mass is 10.1. The predicted molar refractivity (Wildman–Crippen MR) is 55.8 cm³/mol. The van der Waals surface area contributed by atoms with E-state index in [1.165, 1.54) is 6.33 Å². The van der Waals surface area contributed by atoms with Gasteiger partial charge in [0.25, 0.3) is 5.24 Å². The van der Waals surface area contributed by atoms with Gasteiger partial charge in [0.1, 0.15) is 0 Å². The van der Waals surface area contributed by atoms with Crippen LogP contribution in [0.2, 0.25) is 0 Å². The van der Waals surface area contributed by atoms with Crippen LogP contribution in [0.1, 0.15) is 15.9 Å². The molecule has 5 heteroatoms. The van der Waals surface area contributed by atoms with Crippen molar-refractivity contribution in [2.75, 3.05) is 0 Å². The number of aromatic nitrogens is 2. The summed E-state index contributed by atoms with van der Waals surface area (Å²) >= 11 is 11.1. The van der Waals surface area contributed by atoms with E-state index in [0.717, 1.165) is 5.56 Å². The topological polar surface area (TPSA) is 45.8 Å². The van der Waals surface area contributed by atoms with Gasteiger partial charge in [-0.1, -0.05) is 6.07 Å². The van der Waals surface area contributed by atoms with Crippen molar-refractivity contribution >= 4 is 39.5 Å². The molecule has 0 spiro atoms. The first kappa shape index (κ1) is 9.49. The Hall–Kier alpha value is -1.06. The standard InChI is InChI=1S/C9H6Cl2N2O/c10-3-5-1-2-6(9(11)14)8-7(5)12-4-13-8/h1-2,4H,3H2,(H,12,13). The Kier molecular flexibility index (Phi) is 2.44. The number of alkyl halides is 1. The van der Waals surface area contributed by atoms with Gasteiger partial charge >= 0.3 is 0 Å². The van der Waals surface area contributed by atoms with Crippen LogP contribution in [-0.4, -0.2) is 15.2 Å². The lowest BCUT2D eigenvalue weighted by Crippen LogP contribution is -1.92. The number of carbonyl (C=O) groups excluding carboxylic acids is 1. The Balaban J connectivity index is 2.78. The molecule has 0 amide bonds. The molecule has 1 N–H and O–H groups in total. The Labute approximate surface area is 90.0 Å². The average Bonchev–Trinajstić information content (AvgIpc) is 2.64. The molecular formula is C9H6Cl2N2O. The second kappa shape index (κ2) is 3.59. The fourth-order valence-corrected chi connectivity index (χ4v) is 1.73. The van der Waals surface area contributed by atoms with Crippen LogP contribution in [0.15, 0.2) is 18.5 Å². The van der Waals surface area contributed by atoms with Crippen LogP contribution in [0.4, 0.5) is 0 Å². The highest BCUT2D eigenvalue weighted by Gasteiger charge is 2.11. The fraction of sp³-hybridized carbons (Fsp3) is 0.111. The molecule has 72 valence electrons. The molecule has 0 atom stereocenters. The number of carbonyl (C=O) groups is 1. The summed E-state index contributed by atoms with van der Waals surface area (Å²) in [6.07, 6.45) is 1.52. The smallest absolute Gasteiger partial charge is 0.254 e. The van der Waals surface area contributed by atoms with Crippen LogP contribution in [0.25, 0.3) is 11.0 Å². The van der Waals surface area contributed by atoms with Crippen molar-refractivity contribution in [3.8, 4) is 0 Å². The van der Waals surface area contributed by atoms with Crippen LogP contribution in [0, 0.1) is 0 Å². The van der Waals surface area contributed by atoms with Gasteiger partial charge in [-0.15, -0.1) is 11.6 Å². The van der Waals surface area contributed by atoms with Crippen molar-refractivity contribution in [3.63, 3.8) is 0 Å². The third-order valence-electron chi connectivity index (χ3n) is 2.02. The predicted octanol–water partition coefficient (Wildman–Crippen LogP) is 2.68. The molecule has 0 aliphatic carbocycles. The van der Waals surface area contributed by atoms with Crippen LogP contribution in [-0.2, 0) is 5.88 Å². The SMILES string of the molecule is O=C(Cl)c1ccc(CCl)c2nc[nH]c12. The van der Waals surface area contributed by atoms with E-state index in [-0.39, 0.29) is 0 Å². The summed E-state index contributed by atoms with van der Waals surface area (Å²) in [5.41, 5.74) is 2.65. The monoisotopic (exact) mass is 228 g/mol. The quantitative estimate of drug-likeness (QED) is 0.635. The number of halogens is 2. The average molecular weight is 229 g/mol. The number of nitrogens with zero attached hydrogens (tertiary/aromatic N) is 1. The number of benzene rings is 1.